The molecule has 0 fully saturated rings. The molecule has 1 aliphatic rings. The smallest absolute Gasteiger partial charge is 0.346 e. The highest BCUT2D eigenvalue weighted by molar-refractivity contribution is 5.82. The number of anilines is 2. The summed E-state index contributed by atoms with van der Waals surface area (Å²) in [7, 11) is 0. The van der Waals surface area contributed by atoms with E-state index in [-0.39, 0.29) is 0 Å². The first kappa shape index (κ1) is 17.8. The largest absolute Gasteiger partial charge is 0.348 e. The fourth-order valence-corrected chi connectivity index (χ4v) is 4.01. The van der Waals surface area contributed by atoms with Crippen LogP contribution in [0, 0.1) is 41.5 Å². The molecular formula is C22H24N4. The number of hydrogen-bond acceptors (Lipinski definition) is 2. The molecule has 0 bridgehead atoms. The van der Waals surface area contributed by atoms with Gasteiger partial charge in [0.2, 0.25) is 0 Å². The Balaban J connectivity index is 2.17. The summed E-state index contributed by atoms with van der Waals surface area (Å²) in [6.45, 7) is 12.6. The third-order valence-electron chi connectivity index (χ3n) is 4.72. The van der Waals surface area contributed by atoms with Gasteiger partial charge in [-0.25, -0.2) is 0 Å². The van der Waals surface area contributed by atoms with Crippen molar-refractivity contribution in [1.29, 1.82) is 0 Å². The van der Waals surface area contributed by atoms with Gasteiger partial charge in [0.05, 0.1) is 11.4 Å². The molecule has 26 heavy (non-hydrogen) atoms. The van der Waals surface area contributed by atoms with Gasteiger partial charge in [-0.05, 0) is 63.8 Å². The summed E-state index contributed by atoms with van der Waals surface area (Å²) in [4.78, 5) is 7.27. The molecule has 4 heteroatoms. The SMILES string of the molecule is Cc1cc(C)c(N2C=CN(c3c(C)cc(C)cc3C)C2=C=[N+]=[N-])c(C)c1. The Labute approximate surface area is 155 Å². The molecule has 0 unspecified atom stereocenters. The molecule has 0 aliphatic carbocycles. The molecule has 2 aromatic rings. The number of rotatable bonds is 2. The molecule has 0 aromatic heterocycles. The lowest BCUT2D eigenvalue weighted by molar-refractivity contribution is 0.00737. The molecular weight excluding hydrogens is 320 g/mol. The molecule has 1 aliphatic heterocycles. The molecule has 0 radical (unpaired) electrons. The Kier molecular flexibility index (Phi) is 4.56. The maximum atomic E-state index is 9.23. The van der Waals surface area contributed by atoms with Gasteiger partial charge in [-0.3, -0.25) is 9.80 Å². The van der Waals surface area contributed by atoms with Gasteiger partial charge in [-0.2, -0.15) is 0 Å². The highest BCUT2D eigenvalue weighted by atomic mass is 15.4. The second-order valence-electron chi connectivity index (χ2n) is 7.07. The molecule has 2 aromatic carbocycles. The van der Waals surface area contributed by atoms with E-state index in [1.807, 2.05) is 22.2 Å². The van der Waals surface area contributed by atoms with Gasteiger partial charge in [-0.15, -0.1) is 4.79 Å². The molecule has 4 nitrogen and oxygen atoms in total. The quantitative estimate of drug-likeness (QED) is 0.433. The van der Waals surface area contributed by atoms with E-state index in [0.717, 1.165) is 11.4 Å². The Hall–Kier alpha value is -3.06. The van der Waals surface area contributed by atoms with Crippen LogP contribution in [0.4, 0.5) is 11.4 Å². The highest BCUT2D eigenvalue weighted by Crippen LogP contribution is 2.37. The summed E-state index contributed by atoms with van der Waals surface area (Å²) in [6.07, 6.45) is 3.99. The number of aryl methyl sites for hydroxylation is 6. The van der Waals surface area contributed by atoms with Crippen molar-refractivity contribution in [1.82, 2.24) is 0 Å². The first-order valence-corrected chi connectivity index (χ1v) is 8.73. The normalized spacial score (nSPS) is 13.2. The maximum absolute atomic E-state index is 9.23. The fourth-order valence-electron chi connectivity index (χ4n) is 4.01. The zero-order chi connectivity index (χ0) is 19.0. The Morgan fingerprint density at radius 1 is 0.692 bits per heavy atom. The van der Waals surface area contributed by atoms with E-state index < -0.39 is 0 Å². The van der Waals surface area contributed by atoms with Gasteiger partial charge in [0.1, 0.15) is 0 Å². The second kappa shape index (κ2) is 6.68. The van der Waals surface area contributed by atoms with Crippen molar-refractivity contribution < 1.29 is 4.79 Å². The highest BCUT2D eigenvalue weighted by Gasteiger charge is 2.29. The molecule has 0 saturated carbocycles. The van der Waals surface area contributed by atoms with Crippen LogP contribution in [0.3, 0.4) is 0 Å². The first-order chi connectivity index (χ1) is 12.3. The van der Waals surface area contributed by atoms with Crippen molar-refractivity contribution in [2.45, 2.75) is 41.5 Å². The van der Waals surface area contributed by atoms with E-state index in [9.17, 15) is 5.53 Å². The molecule has 0 spiro atoms. The topological polar surface area (TPSA) is 42.9 Å². The first-order valence-electron chi connectivity index (χ1n) is 8.73. The van der Waals surface area contributed by atoms with Crippen LogP contribution in [0.25, 0.3) is 5.53 Å². The van der Waals surface area contributed by atoms with E-state index in [1.54, 1.807) is 0 Å². The van der Waals surface area contributed by atoms with Crippen LogP contribution in [-0.2, 0) is 0 Å². The number of hydrogen-bond donors (Lipinski definition) is 0. The molecule has 132 valence electrons. The number of nitrogens with zero attached hydrogens (tertiary/aromatic N) is 4. The molecule has 0 saturated heterocycles. The minimum atomic E-state index is 0.678. The van der Waals surface area contributed by atoms with E-state index in [2.05, 4.69) is 76.5 Å². The van der Waals surface area contributed by atoms with Crippen LogP contribution >= 0.6 is 0 Å². The molecule has 1 heterocycles. The molecule has 3 rings (SSSR count). The molecule has 0 N–H and O–H groups in total. The predicted octanol–water partition coefficient (Wildman–Crippen LogP) is 5.08. The van der Waals surface area contributed by atoms with Crippen molar-refractivity contribution in [3.63, 3.8) is 0 Å². The van der Waals surface area contributed by atoms with Gasteiger partial charge in [-0.1, -0.05) is 35.4 Å². The lowest BCUT2D eigenvalue weighted by atomic mass is 10.0. The third-order valence-corrected chi connectivity index (χ3v) is 4.72. The van der Waals surface area contributed by atoms with Crippen LogP contribution < -0.4 is 9.80 Å². The third kappa shape index (κ3) is 2.97. The average molecular weight is 344 g/mol. The summed E-state index contributed by atoms with van der Waals surface area (Å²) in [5.41, 5.74) is 18.5. The molecule has 0 atom stereocenters. The van der Waals surface area contributed by atoms with Crippen LogP contribution in [0.15, 0.2) is 42.5 Å². The van der Waals surface area contributed by atoms with E-state index >= 15 is 0 Å². The summed E-state index contributed by atoms with van der Waals surface area (Å²) in [5.74, 6) is 3.44. The summed E-state index contributed by atoms with van der Waals surface area (Å²) in [6, 6.07) is 8.65. The van der Waals surface area contributed by atoms with Crippen molar-refractivity contribution in [2.75, 3.05) is 9.80 Å². The van der Waals surface area contributed by atoms with E-state index in [4.69, 9.17) is 0 Å². The van der Waals surface area contributed by atoms with Crippen molar-refractivity contribution in [2.24, 2.45) is 0 Å². The van der Waals surface area contributed by atoms with Gasteiger partial charge in [0, 0.05) is 12.4 Å². The zero-order valence-corrected chi connectivity index (χ0v) is 16.3. The lowest BCUT2D eigenvalue weighted by Crippen LogP contribution is -2.25. The van der Waals surface area contributed by atoms with Gasteiger partial charge in [0.15, 0.2) is 0 Å². The van der Waals surface area contributed by atoms with Crippen LogP contribution in [0.5, 0.6) is 0 Å². The van der Waals surface area contributed by atoms with Gasteiger partial charge < -0.3 is 5.53 Å². The summed E-state index contributed by atoms with van der Waals surface area (Å²) in [5, 5.41) is 0. The Morgan fingerprint density at radius 3 is 1.35 bits per heavy atom. The zero-order valence-electron chi connectivity index (χ0n) is 16.3. The van der Waals surface area contributed by atoms with Crippen molar-refractivity contribution >= 4 is 17.2 Å². The summed E-state index contributed by atoms with van der Waals surface area (Å²) >= 11 is 0. The lowest BCUT2D eigenvalue weighted by Gasteiger charge is -2.26. The Morgan fingerprint density at radius 2 is 1.04 bits per heavy atom. The number of benzene rings is 2. The van der Waals surface area contributed by atoms with E-state index in [1.165, 1.54) is 33.4 Å². The van der Waals surface area contributed by atoms with Gasteiger partial charge >= 0.3 is 5.87 Å². The molecule has 0 amide bonds. The van der Waals surface area contributed by atoms with Crippen LogP contribution in [0.1, 0.15) is 33.4 Å². The predicted molar refractivity (Wildman–Crippen MR) is 108 cm³/mol. The van der Waals surface area contributed by atoms with Crippen LogP contribution in [0.2, 0.25) is 0 Å². The monoisotopic (exact) mass is 344 g/mol. The van der Waals surface area contributed by atoms with Crippen molar-refractivity contribution in [3.05, 3.63) is 81.4 Å². The Bertz CT molecular complexity index is 887. The average Bonchev–Trinajstić information content (AvgIpc) is 2.89. The maximum Gasteiger partial charge on any atom is 0.346 e. The van der Waals surface area contributed by atoms with Crippen molar-refractivity contribution in [3.8, 4) is 0 Å². The minimum Gasteiger partial charge on any atom is -0.348 e. The van der Waals surface area contributed by atoms with E-state index in [0.29, 0.717) is 5.82 Å². The van der Waals surface area contributed by atoms with Gasteiger partial charge in [0.25, 0.3) is 5.82 Å². The van der Waals surface area contributed by atoms with Crippen LogP contribution in [-0.4, -0.2) is 10.7 Å². The summed E-state index contributed by atoms with van der Waals surface area (Å²) < 4.78 is 0. The standard InChI is InChI=1S/C22H24N4/c1-14-9-16(3)21(17(4)10-14)25-7-8-26(20(25)13-24-23)22-18(5)11-15(2)12-19(22)6/h7-12H,1-6H3. The second-order valence-corrected chi connectivity index (χ2v) is 7.07. The fraction of sp³-hybridized carbons (Fsp3) is 0.273. The minimum absolute atomic E-state index is 0.678.